The first kappa shape index (κ1) is 9.12. The highest BCUT2D eigenvalue weighted by molar-refractivity contribution is 6.58. The minimum atomic E-state index is 0.00343. The summed E-state index contributed by atoms with van der Waals surface area (Å²) in [6, 6.07) is 11.0. The van der Waals surface area contributed by atoms with E-state index in [0.717, 1.165) is 5.56 Å². The molecule has 0 spiro atoms. The molecule has 0 saturated carbocycles. The van der Waals surface area contributed by atoms with Gasteiger partial charge in [-0.3, -0.25) is 0 Å². The standard InChI is InChI=1S/C9H5Cl2N/c10-9(11)8(6-12)7-4-2-1-3-5-7/h1-5H. The number of hydrogen-bond acceptors (Lipinski definition) is 1. The Hall–Kier alpha value is -0.970. The van der Waals surface area contributed by atoms with Crippen LogP contribution in [0, 0.1) is 11.3 Å². The van der Waals surface area contributed by atoms with Crippen molar-refractivity contribution in [3.05, 3.63) is 40.4 Å². The molecule has 0 radical (unpaired) electrons. The summed E-state index contributed by atoms with van der Waals surface area (Å²) in [6.07, 6.45) is 0. The minimum absolute atomic E-state index is 0.00343. The van der Waals surface area contributed by atoms with Crippen LogP contribution in [-0.2, 0) is 0 Å². The van der Waals surface area contributed by atoms with Crippen LogP contribution in [0.2, 0.25) is 0 Å². The molecule has 0 N–H and O–H groups in total. The molecule has 1 aromatic rings. The van der Waals surface area contributed by atoms with E-state index in [1.165, 1.54) is 0 Å². The molecular weight excluding hydrogens is 193 g/mol. The molecule has 60 valence electrons. The molecule has 0 unspecified atom stereocenters. The highest BCUT2D eigenvalue weighted by atomic mass is 35.5. The summed E-state index contributed by atoms with van der Waals surface area (Å²) in [5.74, 6) is 0. The molecule has 0 saturated heterocycles. The first-order valence-corrected chi connectivity index (χ1v) is 4.02. The summed E-state index contributed by atoms with van der Waals surface area (Å²) < 4.78 is 0.00343. The fraction of sp³-hybridized carbons (Fsp3) is 0. The number of hydrogen-bond donors (Lipinski definition) is 0. The molecule has 0 atom stereocenters. The lowest BCUT2D eigenvalue weighted by molar-refractivity contribution is 1.52. The quantitative estimate of drug-likeness (QED) is 0.634. The lowest BCUT2D eigenvalue weighted by Crippen LogP contribution is -1.79. The van der Waals surface area contributed by atoms with E-state index in [1.807, 2.05) is 24.3 Å². The van der Waals surface area contributed by atoms with Gasteiger partial charge in [0.1, 0.15) is 10.6 Å². The lowest BCUT2D eigenvalue weighted by Gasteiger charge is -1.96. The zero-order chi connectivity index (χ0) is 8.97. The van der Waals surface area contributed by atoms with Gasteiger partial charge < -0.3 is 0 Å². The zero-order valence-electron chi connectivity index (χ0n) is 6.09. The fourth-order valence-corrected chi connectivity index (χ4v) is 1.12. The average Bonchev–Trinajstić information content (AvgIpc) is 2.07. The third kappa shape index (κ3) is 2.01. The first-order valence-electron chi connectivity index (χ1n) is 3.26. The Morgan fingerprint density at radius 2 is 1.75 bits per heavy atom. The highest BCUT2D eigenvalue weighted by Gasteiger charge is 2.03. The highest BCUT2D eigenvalue weighted by Crippen LogP contribution is 2.22. The van der Waals surface area contributed by atoms with Crippen molar-refractivity contribution in [2.24, 2.45) is 0 Å². The number of nitriles is 1. The maximum Gasteiger partial charge on any atom is 0.125 e. The summed E-state index contributed by atoms with van der Waals surface area (Å²) >= 11 is 11.0. The lowest BCUT2D eigenvalue weighted by atomic mass is 10.1. The summed E-state index contributed by atoms with van der Waals surface area (Å²) in [6.45, 7) is 0. The van der Waals surface area contributed by atoms with Crippen LogP contribution in [0.25, 0.3) is 5.57 Å². The summed E-state index contributed by atoms with van der Waals surface area (Å²) in [7, 11) is 0. The van der Waals surface area contributed by atoms with Gasteiger partial charge in [-0.15, -0.1) is 0 Å². The predicted octanol–water partition coefficient (Wildman–Crippen LogP) is 3.36. The van der Waals surface area contributed by atoms with Crippen molar-refractivity contribution >= 4 is 28.8 Å². The van der Waals surface area contributed by atoms with Gasteiger partial charge in [-0.25, -0.2) is 0 Å². The summed E-state index contributed by atoms with van der Waals surface area (Å²) in [5, 5.41) is 8.67. The van der Waals surface area contributed by atoms with Crippen molar-refractivity contribution in [3.63, 3.8) is 0 Å². The Balaban J connectivity index is 3.17. The zero-order valence-corrected chi connectivity index (χ0v) is 7.60. The Labute approximate surface area is 80.8 Å². The van der Waals surface area contributed by atoms with Crippen LogP contribution in [-0.4, -0.2) is 0 Å². The number of allylic oxidation sites excluding steroid dienone is 1. The monoisotopic (exact) mass is 197 g/mol. The van der Waals surface area contributed by atoms with E-state index in [-0.39, 0.29) is 4.49 Å². The van der Waals surface area contributed by atoms with Gasteiger partial charge in [0.15, 0.2) is 0 Å². The second kappa shape index (κ2) is 4.15. The van der Waals surface area contributed by atoms with Gasteiger partial charge in [0, 0.05) is 0 Å². The largest absolute Gasteiger partial charge is 0.192 e. The fourth-order valence-electron chi connectivity index (χ4n) is 0.821. The number of nitrogens with zero attached hydrogens (tertiary/aromatic N) is 1. The first-order chi connectivity index (χ1) is 5.75. The van der Waals surface area contributed by atoms with Crippen molar-refractivity contribution in [2.45, 2.75) is 0 Å². The second-order valence-electron chi connectivity index (χ2n) is 2.11. The smallest absolute Gasteiger partial charge is 0.125 e. The van der Waals surface area contributed by atoms with Crippen LogP contribution in [0.3, 0.4) is 0 Å². The Kier molecular flexibility index (Phi) is 3.16. The maximum absolute atomic E-state index is 8.67. The van der Waals surface area contributed by atoms with E-state index in [4.69, 9.17) is 28.5 Å². The molecule has 0 bridgehead atoms. The van der Waals surface area contributed by atoms with Gasteiger partial charge in [0.2, 0.25) is 0 Å². The van der Waals surface area contributed by atoms with Crippen LogP contribution in [0.1, 0.15) is 5.56 Å². The third-order valence-electron chi connectivity index (χ3n) is 1.36. The molecule has 0 aromatic heterocycles. The Morgan fingerprint density at radius 1 is 1.17 bits per heavy atom. The molecule has 0 aliphatic rings. The second-order valence-corrected chi connectivity index (χ2v) is 3.06. The molecule has 0 amide bonds. The Morgan fingerprint density at radius 3 is 2.17 bits per heavy atom. The van der Waals surface area contributed by atoms with Crippen molar-refractivity contribution in [2.75, 3.05) is 0 Å². The number of benzene rings is 1. The van der Waals surface area contributed by atoms with Crippen LogP contribution in [0.15, 0.2) is 34.8 Å². The molecule has 0 fully saturated rings. The molecule has 0 aliphatic heterocycles. The van der Waals surface area contributed by atoms with Gasteiger partial charge in [-0.1, -0.05) is 53.5 Å². The van der Waals surface area contributed by atoms with E-state index in [0.29, 0.717) is 5.57 Å². The van der Waals surface area contributed by atoms with Crippen molar-refractivity contribution in [3.8, 4) is 6.07 Å². The van der Waals surface area contributed by atoms with E-state index in [1.54, 1.807) is 12.1 Å². The normalized spacial score (nSPS) is 8.75. The van der Waals surface area contributed by atoms with E-state index < -0.39 is 0 Å². The van der Waals surface area contributed by atoms with Crippen molar-refractivity contribution < 1.29 is 0 Å². The third-order valence-corrected chi connectivity index (χ3v) is 1.74. The van der Waals surface area contributed by atoms with Crippen LogP contribution >= 0.6 is 23.2 Å². The molecule has 1 rings (SSSR count). The molecule has 0 heterocycles. The molecule has 0 aliphatic carbocycles. The average molecular weight is 198 g/mol. The SMILES string of the molecule is N#CC(=C(Cl)Cl)c1ccccc1. The van der Waals surface area contributed by atoms with Gasteiger partial charge in [0.25, 0.3) is 0 Å². The molecule has 12 heavy (non-hydrogen) atoms. The van der Waals surface area contributed by atoms with E-state index in [2.05, 4.69) is 0 Å². The van der Waals surface area contributed by atoms with Crippen LogP contribution < -0.4 is 0 Å². The number of rotatable bonds is 1. The van der Waals surface area contributed by atoms with E-state index in [9.17, 15) is 0 Å². The van der Waals surface area contributed by atoms with Crippen LogP contribution in [0.5, 0.6) is 0 Å². The molecular formula is C9H5Cl2N. The molecule has 3 heteroatoms. The van der Waals surface area contributed by atoms with E-state index >= 15 is 0 Å². The van der Waals surface area contributed by atoms with Crippen LogP contribution in [0.4, 0.5) is 0 Å². The van der Waals surface area contributed by atoms with Gasteiger partial charge >= 0.3 is 0 Å². The Bertz CT molecular complexity index is 331. The van der Waals surface area contributed by atoms with Gasteiger partial charge in [-0.2, -0.15) is 5.26 Å². The van der Waals surface area contributed by atoms with Crippen molar-refractivity contribution in [1.82, 2.24) is 0 Å². The predicted molar refractivity (Wildman–Crippen MR) is 50.7 cm³/mol. The maximum atomic E-state index is 8.67. The van der Waals surface area contributed by atoms with Gasteiger partial charge in [-0.05, 0) is 5.56 Å². The summed E-state index contributed by atoms with van der Waals surface area (Å²) in [5.41, 5.74) is 1.04. The van der Waals surface area contributed by atoms with Gasteiger partial charge in [0.05, 0.1) is 5.57 Å². The number of halogens is 2. The summed E-state index contributed by atoms with van der Waals surface area (Å²) in [4.78, 5) is 0. The topological polar surface area (TPSA) is 23.8 Å². The van der Waals surface area contributed by atoms with Crippen molar-refractivity contribution in [1.29, 1.82) is 5.26 Å². The molecule has 1 aromatic carbocycles. The molecule has 1 nitrogen and oxygen atoms in total. The minimum Gasteiger partial charge on any atom is -0.192 e.